The lowest BCUT2D eigenvalue weighted by molar-refractivity contribution is 0.0788. The van der Waals surface area contributed by atoms with Crippen LogP contribution in [-0.4, -0.2) is 44.5 Å². The molecule has 6 heteroatoms. The van der Waals surface area contributed by atoms with Gasteiger partial charge in [-0.05, 0) is 5.21 Å². The fraction of sp³-hybridized carbons (Fsp3) is 0.333. The highest BCUT2D eigenvalue weighted by Gasteiger charge is 2.19. The number of aromatic nitrogens is 4. The van der Waals surface area contributed by atoms with Crippen molar-refractivity contribution in [2.75, 3.05) is 13.1 Å². The van der Waals surface area contributed by atoms with Crippen LogP contribution in [0.2, 0.25) is 0 Å². The Morgan fingerprint density at radius 2 is 2.25 bits per heavy atom. The molecule has 62 valence electrons. The lowest BCUT2D eigenvalue weighted by Gasteiger charge is -2.11. The molecule has 0 aromatic carbocycles. The zero-order valence-electron chi connectivity index (χ0n) is 6.27. The number of hydrogen-bond acceptors (Lipinski definition) is 4. The van der Waals surface area contributed by atoms with Gasteiger partial charge in [0.15, 0.2) is 0 Å². The highest BCUT2D eigenvalue weighted by atomic mass is 16.2. The van der Waals surface area contributed by atoms with Crippen molar-refractivity contribution in [1.29, 1.82) is 0 Å². The monoisotopic (exact) mass is 165 g/mol. The minimum absolute atomic E-state index is 0.124. The number of rotatable bonds is 1. The lowest BCUT2D eigenvalue weighted by Crippen LogP contribution is -2.29. The molecular weight excluding hydrogens is 158 g/mol. The second kappa shape index (κ2) is 2.72. The van der Waals surface area contributed by atoms with Crippen LogP contribution in [0.3, 0.4) is 0 Å². The quantitative estimate of drug-likeness (QED) is 0.553. The molecule has 0 spiro atoms. The summed E-state index contributed by atoms with van der Waals surface area (Å²) in [7, 11) is 0. The van der Waals surface area contributed by atoms with E-state index >= 15 is 0 Å². The summed E-state index contributed by atoms with van der Waals surface area (Å²) < 4.78 is 0. The number of amides is 1. The second-order valence-electron chi connectivity index (χ2n) is 2.42. The Hall–Kier alpha value is -1.72. The number of carbonyl (C=O) groups excluding carboxylic acids is 1. The van der Waals surface area contributed by atoms with E-state index in [4.69, 9.17) is 0 Å². The number of carbonyl (C=O) groups is 1. The first-order valence-electron chi connectivity index (χ1n) is 3.55. The number of nitrogens with one attached hydrogen (secondary N) is 1. The van der Waals surface area contributed by atoms with Crippen molar-refractivity contribution in [3.05, 3.63) is 18.0 Å². The average molecular weight is 165 g/mol. The van der Waals surface area contributed by atoms with Gasteiger partial charge in [-0.3, -0.25) is 4.79 Å². The van der Waals surface area contributed by atoms with Crippen LogP contribution in [0.25, 0.3) is 0 Å². The Balaban J connectivity index is 2.11. The molecule has 0 fully saturated rings. The van der Waals surface area contributed by atoms with Crippen molar-refractivity contribution in [2.45, 2.75) is 0 Å². The topological polar surface area (TPSA) is 74.8 Å². The molecule has 6 nitrogen and oxygen atoms in total. The number of H-pyrrole nitrogens is 1. The smallest absolute Gasteiger partial charge is 0.296 e. The molecule has 1 amide bonds. The zero-order chi connectivity index (χ0) is 8.39. The number of nitrogens with zero attached hydrogens (tertiary/aromatic N) is 4. The molecule has 1 aliphatic heterocycles. The van der Waals surface area contributed by atoms with E-state index in [-0.39, 0.29) is 11.7 Å². The van der Waals surface area contributed by atoms with Crippen LogP contribution in [0.1, 0.15) is 10.6 Å². The van der Waals surface area contributed by atoms with Gasteiger partial charge in [0.05, 0.1) is 0 Å². The molecule has 0 unspecified atom stereocenters. The van der Waals surface area contributed by atoms with Gasteiger partial charge in [0.2, 0.25) is 0 Å². The van der Waals surface area contributed by atoms with Gasteiger partial charge in [0.1, 0.15) is 0 Å². The molecule has 0 bridgehead atoms. The molecular formula is C6H7N5O. The predicted octanol–water partition coefficient (Wildman–Crippen LogP) is -0.788. The van der Waals surface area contributed by atoms with Gasteiger partial charge in [-0.1, -0.05) is 12.2 Å². The van der Waals surface area contributed by atoms with Crippen molar-refractivity contribution in [3.63, 3.8) is 0 Å². The molecule has 1 aromatic heterocycles. The van der Waals surface area contributed by atoms with Crippen LogP contribution in [-0.2, 0) is 0 Å². The third-order valence-electron chi connectivity index (χ3n) is 1.64. The van der Waals surface area contributed by atoms with E-state index in [1.165, 1.54) is 0 Å². The molecule has 0 saturated carbocycles. The van der Waals surface area contributed by atoms with Crippen LogP contribution >= 0.6 is 0 Å². The maximum Gasteiger partial charge on any atom is 0.296 e. The number of hydrogen-bond donors (Lipinski definition) is 1. The van der Waals surface area contributed by atoms with Crippen molar-refractivity contribution >= 4 is 5.91 Å². The second-order valence-corrected chi connectivity index (χ2v) is 2.42. The number of tetrazole rings is 1. The largest absolute Gasteiger partial charge is 0.328 e. The summed E-state index contributed by atoms with van der Waals surface area (Å²) in [6.45, 7) is 1.26. The SMILES string of the molecule is O=C(c1nn[nH]n1)N1CC=CC1. The van der Waals surface area contributed by atoms with Gasteiger partial charge < -0.3 is 4.90 Å². The minimum atomic E-state index is -0.186. The van der Waals surface area contributed by atoms with Gasteiger partial charge in [-0.25, -0.2) is 0 Å². The highest BCUT2D eigenvalue weighted by Crippen LogP contribution is 2.02. The summed E-state index contributed by atoms with van der Waals surface area (Å²) in [6, 6.07) is 0. The third kappa shape index (κ3) is 1.07. The normalized spacial score (nSPS) is 15.5. The van der Waals surface area contributed by atoms with Crippen molar-refractivity contribution < 1.29 is 4.79 Å². The van der Waals surface area contributed by atoms with Gasteiger partial charge >= 0.3 is 0 Å². The van der Waals surface area contributed by atoms with Gasteiger partial charge in [-0.15, -0.1) is 10.2 Å². The molecule has 0 saturated heterocycles. The zero-order valence-corrected chi connectivity index (χ0v) is 6.27. The maximum atomic E-state index is 11.4. The summed E-state index contributed by atoms with van der Waals surface area (Å²) >= 11 is 0. The Morgan fingerprint density at radius 1 is 1.50 bits per heavy atom. The maximum absolute atomic E-state index is 11.4. The fourth-order valence-corrected chi connectivity index (χ4v) is 1.04. The van der Waals surface area contributed by atoms with Gasteiger partial charge in [0.25, 0.3) is 11.7 Å². The van der Waals surface area contributed by atoms with Crippen LogP contribution in [0.5, 0.6) is 0 Å². The van der Waals surface area contributed by atoms with Crippen LogP contribution in [0.15, 0.2) is 12.2 Å². The molecule has 0 aliphatic carbocycles. The van der Waals surface area contributed by atoms with Gasteiger partial charge in [-0.2, -0.15) is 5.21 Å². The van der Waals surface area contributed by atoms with E-state index in [2.05, 4.69) is 20.6 Å². The van der Waals surface area contributed by atoms with E-state index in [9.17, 15) is 4.79 Å². The van der Waals surface area contributed by atoms with E-state index in [1.807, 2.05) is 12.2 Å². The summed E-state index contributed by atoms with van der Waals surface area (Å²) in [6.07, 6.45) is 3.86. The standard InChI is InChI=1S/C6H7N5O/c12-6(5-7-9-10-8-5)11-3-1-2-4-11/h1-2H,3-4H2,(H,7,8,9,10). The van der Waals surface area contributed by atoms with E-state index in [0.717, 1.165) is 0 Å². The highest BCUT2D eigenvalue weighted by molar-refractivity contribution is 5.90. The molecule has 1 N–H and O–H groups in total. The van der Waals surface area contributed by atoms with Crippen LogP contribution in [0, 0.1) is 0 Å². The average Bonchev–Trinajstić information content (AvgIpc) is 2.77. The minimum Gasteiger partial charge on any atom is -0.328 e. The summed E-state index contributed by atoms with van der Waals surface area (Å²) in [5.74, 6) is -0.0625. The van der Waals surface area contributed by atoms with E-state index in [0.29, 0.717) is 13.1 Å². The molecule has 2 heterocycles. The van der Waals surface area contributed by atoms with Crippen molar-refractivity contribution in [1.82, 2.24) is 25.5 Å². The molecule has 0 radical (unpaired) electrons. The van der Waals surface area contributed by atoms with Crippen molar-refractivity contribution in [2.24, 2.45) is 0 Å². The van der Waals surface area contributed by atoms with E-state index in [1.54, 1.807) is 4.90 Å². The van der Waals surface area contributed by atoms with Crippen LogP contribution in [0.4, 0.5) is 0 Å². The summed E-state index contributed by atoms with van der Waals surface area (Å²) in [5, 5.41) is 12.7. The summed E-state index contributed by atoms with van der Waals surface area (Å²) in [5.41, 5.74) is 0. The molecule has 1 aliphatic rings. The molecule has 1 aromatic rings. The Bertz CT molecular complexity index is 296. The Kier molecular flexibility index (Phi) is 1.58. The first-order chi connectivity index (χ1) is 5.88. The third-order valence-corrected chi connectivity index (χ3v) is 1.64. The predicted molar refractivity (Wildman–Crippen MR) is 39.2 cm³/mol. The summed E-state index contributed by atoms with van der Waals surface area (Å²) in [4.78, 5) is 13.0. The lowest BCUT2D eigenvalue weighted by atomic mass is 10.5. The molecule has 0 atom stereocenters. The Morgan fingerprint density at radius 3 is 2.83 bits per heavy atom. The molecule has 2 rings (SSSR count). The number of aromatic amines is 1. The first kappa shape index (κ1) is 6.96. The van der Waals surface area contributed by atoms with Crippen molar-refractivity contribution in [3.8, 4) is 0 Å². The van der Waals surface area contributed by atoms with Gasteiger partial charge in [0, 0.05) is 13.1 Å². The molecule has 12 heavy (non-hydrogen) atoms. The first-order valence-corrected chi connectivity index (χ1v) is 3.55. The van der Waals surface area contributed by atoms with E-state index < -0.39 is 0 Å². The fourth-order valence-electron chi connectivity index (χ4n) is 1.04. The van der Waals surface area contributed by atoms with Crippen LogP contribution < -0.4 is 0 Å². The Labute approximate surface area is 68.3 Å².